The van der Waals surface area contributed by atoms with Crippen molar-refractivity contribution in [1.29, 1.82) is 0 Å². The first-order chi connectivity index (χ1) is 9.44. The average Bonchev–Trinajstić information content (AvgIpc) is 2.39. The quantitative estimate of drug-likeness (QED) is 0.862. The zero-order chi connectivity index (χ0) is 14.6. The summed E-state index contributed by atoms with van der Waals surface area (Å²) in [7, 11) is 0. The Bertz CT molecular complexity index is 572. The summed E-state index contributed by atoms with van der Waals surface area (Å²) in [6.07, 6.45) is 3.44. The number of rotatable bonds is 3. The first-order valence-electron chi connectivity index (χ1n) is 6.44. The third-order valence-corrected chi connectivity index (χ3v) is 2.49. The van der Waals surface area contributed by atoms with E-state index in [0.717, 1.165) is 11.4 Å². The second-order valence-electron chi connectivity index (χ2n) is 5.44. The molecule has 2 aromatic rings. The molecule has 0 spiro atoms. The summed E-state index contributed by atoms with van der Waals surface area (Å²) in [5.74, 6) is -0.312. The third kappa shape index (κ3) is 4.09. The number of esters is 1. The molecule has 0 amide bonds. The lowest BCUT2D eigenvalue weighted by molar-refractivity contribution is 0.00696. The number of hydrogen-bond acceptors (Lipinski definition) is 4. The van der Waals surface area contributed by atoms with Gasteiger partial charge in [0.15, 0.2) is 0 Å². The van der Waals surface area contributed by atoms with E-state index in [4.69, 9.17) is 4.74 Å². The molecule has 0 saturated carbocycles. The van der Waals surface area contributed by atoms with Crippen molar-refractivity contribution in [2.45, 2.75) is 26.4 Å². The number of aromatic nitrogens is 1. The normalized spacial score (nSPS) is 10.9. The van der Waals surface area contributed by atoms with E-state index in [1.807, 2.05) is 45.0 Å². The summed E-state index contributed by atoms with van der Waals surface area (Å²) >= 11 is 0. The highest BCUT2D eigenvalue weighted by Crippen LogP contribution is 2.18. The molecule has 2 rings (SSSR count). The first-order valence-corrected chi connectivity index (χ1v) is 6.44. The minimum atomic E-state index is -0.481. The van der Waals surface area contributed by atoms with E-state index < -0.39 is 5.60 Å². The number of benzene rings is 1. The number of carbonyl (C=O) groups is 1. The van der Waals surface area contributed by atoms with Gasteiger partial charge in [-0.1, -0.05) is 0 Å². The Morgan fingerprint density at radius 2 is 1.55 bits per heavy atom. The Morgan fingerprint density at radius 1 is 1.00 bits per heavy atom. The molecule has 0 aliphatic heterocycles. The third-order valence-electron chi connectivity index (χ3n) is 2.49. The SMILES string of the molecule is CC(C)(C)OC(=O)c1ccc(Nc2ccncc2)cc1. The molecule has 1 aromatic carbocycles. The van der Waals surface area contributed by atoms with E-state index in [-0.39, 0.29) is 5.97 Å². The van der Waals surface area contributed by atoms with Gasteiger partial charge in [-0.3, -0.25) is 4.98 Å². The summed E-state index contributed by atoms with van der Waals surface area (Å²) in [4.78, 5) is 15.8. The van der Waals surface area contributed by atoms with Crippen LogP contribution in [-0.4, -0.2) is 16.6 Å². The largest absolute Gasteiger partial charge is 0.456 e. The van der Waals surface area contributed by atoms with Crippen molar-refractivity contribution in [3.63, 3.8) is 0 Å². The number of nitrogens with one attached hydrogen (secondary N) is 1. The van der Waals surface area contributed by atoms with E-state index in [9.17, 15) is 4.79 Å². The van der Waals surface area contributed by atoms with E-state index in [1.165, 1.54) is 0 Å². The fourth-order valence-electron chi connectivity index (χ4n) is 1.63. The zero-order valence-corrected chi connectivity index (χ0v) is 11.9. The molecule has 1 N–H and O–H groups in total. The highest BCUT2D eigenvalue weighted by atomic mass is 16.6. The van der Waals surface area contributed by atoms with Crippen LogP contribution in [0.25, 0.3) is 0 Å². The molecule has 4 heteroatoms. The van der Waals surface area contributed by atoms with E-state index in [2.05, 4.69) is 10.3 Å². The summed E-state index contributed by atoms with van der Waals surface area (Å²) in [5, 5.41) is 3.23. The van der Waals surface area contributed by atoms with Gasteiger partial charge in [0.1, 0.15) is 5.60 Å². The molecule has 0 saturated heterocycles. The highest BCUT2D eigenvalue weighted by molar-refractivity contribution is 5.90. The number of ether oxygens (including phenoxy) is 1. The van der Waals surface area contributed by atoms with Crippen LogP contribution in [0.15, 0.2) is 48.8 Å². The predicted octanol–water partition coefficient (Wildman–Crippen LogP) is 3.78. The van der Waals surface area contributed by atoms with Gasteiger partial charge in [0.25, 0.3) is 0 Å². The minimum absolute atomic E-state index is 0.312. The van der Waals surface area contributed by atoms with Gasteiger partial charge in [-0.25, -0.2) is 4.79 Å². The number of nitrogens with zero attached hydrogens (tertiary/aromatic N) is 1. The molecule has 4 nitrogen and oxygen atoms in total. The Balaban J connectivity index is 2.05. The fraction of sp³-hybridized carbons (Fsp3) is 0.250. The van der Waals surface area contributed by atoms with Gasteiger partial charge < -0.3 is 10.1 Å². The van der Waals surface area contributed by atoms with Gasteiger partial charge in [0, 0.05) is 23.8 Å². The van der Waals surface area contributed by atoms with Crippen molar-refractivity contribution in [2.75, 3.05) is 5.32 Å². The topological polar surface area (TPSA) is 51.2 Å². The Labute approximate surface area is 118 Å². The van der Waals surface area contributed by atoms with Crippen LogP contribution in [0, 0.1) is 0 Å². The Hall–Kier alpha value is -2.36. The Morgan fingerprint density at radius 3 is 2.10 bits per heavy atom. The van der Waals surface area contributed by atoms with Crippen molar-refractivity contribution >= 4 is 17.3 Å². The van der Waals surface area contributed by atoms with Crippen molar-refractivity contribution < 1.29 is 9.53 Å². The van der Waals surface area contributed by atoms with E-state index in [1.54, 1.807) is 24.5 Å². The van der Waals surface area contributed by atoms with Crippen molar-refractivity contribution in [2.24, 2.45) is 0 Å². The van der Waals surface area contributed by atoms with Crippen LogP contribution in [-0.2, 0) is 4.74 Å². The highest BCUT2D eigenvalue weighted by Gasteiger charge is 2.17. The molecule has 0 aliphatic rings. The van der Waals surface area contributed by atoms with Crippen LogP contribution >= 0.6 is 0 Å². The molecule has 20 heavy (non-hydrogen) atoms. The predicted molar refractivity (Wildman–Crippen MR) is 79.1 cm³/mol. The summed E-state index contributed by atoms with van der Waals surface area (Å²) in [6.45, 7) is 5.55. The second kappa shape index (κ2) is 5.74. The molecule has 0 atom stereocenters. The summed E-state index contributed by atoms with van der Waals surface area (Å²) < 4.78 is 5.31. The maximum absolute atomic E-state index is 11.9. The molecular formula is C16H18N2O2. The second-order valence-corrected chi connectivity index (χ2v) is 5.44. The molecule has 1 heterocycles. The molecule has 0 radical (unpaired) electrons. The van der Waals surface area contributed by atoms with E-state index in [0.29, 0.717) is 5.56 Å². The molecule has 0 unspecified atom stereocenters. The monoisotopic (exact) mass is 270 g/mol. The number of hydrogen-bond donors (Lipinski definition) is 1. The van der Waals surface area contributed by atoms with Crippen molar-refractivity contribution in [3.05, 3.63) is 54.4 Å². The molecule has 104 valence electrons. The average molecular weight is 270 g/mol. The molecule has 0 bridgehead atoms. The number of pyridine rings is 1. The lowest BCUT2D eigenvalue weighted by Crippen LogP contribution is -2.23. The van der Waals surface area contributed by atoms with Gasteiger partial charge >= 0.3 is 5.97 Å². The van der Waals surface area contributed by atoms with Crippen LogP contribution in [0.3, 0.4) is 0 Å². The maximum atomic E-state index is 11.9. The van der Waals surface area contributed by atoms with Crippen molar-refractivity contribution in [1.82, 2.24) is 4.98 Å². The number of carbonyl (C=O) groups excluding carboxylic acids is 1. The molecular weight excluding hydrogens is 252 g/mol. The van der Waals surface area contributed by atoms with Crippen LogP contribution < -0.4 is 5.32 Å². The Kier molecular flexibility index (Phi) is 4.03. The number of anilines is 2. The lowest BCUT2D eigenvalue weighted by atomic mass is 10.1. The van der Waals surface area contributed by atoms with Crippen LogP contribution in [0.4, 0.5) is 11.4 Å². The van der Waals surface area contributed by atoms with Crippen LogP contribution in [0.2, 0.25) is 0 Å². The van der Waals surface area contributed by atoms with Gasteiger partial charge in [-0.2, -0.15) is 0 Å². The minimum Gasteiger partial charge on any atom is -0.456 e. The first kappa shape index (κ1) is 14.1. The van der Waals surface area contributed by atoms with Crippen LogP contribution in [0.1, 0.15) is 31.1 Å². The zero-order valence-electron chi connectivity index (χ0n) is 11.9. The molecule has 1 aromatic heterocycles. The maximum Gasteiger partial charge on any atom is 0.338 e. The standard InChI is InChI=1S/C16H18N2O2/c1-16(2,3)20-15(19)12-4-6-13(7-5-12)18-14-8-10-17-11-9-14/h4-11H,1-3H3,(H,17,18). The van der Waals surface area contributed by atoms with Gasteiger partial charge in [-0.15, -0.1) is 0 Å². The smallest absolute Gasteiger partial charge is 0.338 e. The molecule has 0 aliphatic carbocycles. The summed E-state index contributed by atoms with van der Waals surface area (Å²) in [6, 6.07) is 10.9. The van der Waals surface area contributed by atoms with Gasteiger partial charge in [0.05, 0.1) is 5.56 Å². The molecule has 0 fully saturated rings. The van der Waals surface area contributed by atoms with E-state index >= 15 is 0 Å². The van der Waals surface area contributed by atoms with Gasteiger partial charge in [-0.05, 0) is 57.2 Å². The fourth-order valence-corrected chi connectivity index (χ4v) is 1.63. The van der Waals surface area contributed by atoms with Crippen LogP contribution in [0.5, 0.6) is 0 Å². The van der Waals surface area contributed by atoms with Gasteiger partial charge in [0.2, 0.25) is 0 Å². The lowest BCUT2D eigenvalue weighted by Gasteiger charge is -2.19. The van der Waals surface area contributed by atoms with Crippen molar-refractivity contribution in [3.8, 4) is 0 Å². The summed E-state index contributed by atoms with van der Waals surface area (Å²) in [5.41, 5.74) is 1.92.